The first-order valence-corrected chi connectivity index (χ1v) is 27.5. The average molecular weight is 1210 g/mol. The molecular formula is C58H60F6N6O12S2. The van der Waals surface area contributed by atoms with Gasteiger partial charge in [-0.3, -0.25) is 9.59 Å². The Kier molecular flexibility index (Phi) is 20.0. The lowest BCUT2D eigenvalue weighted by Crippen LogP contribution is -2.78. The van der Waals surface area contributed by atoms with E-state index in [1.807, 2.05) is 33.7 Å². The van der Waals surface area contributed by atoms with Crippen LogP contribution in [0, 0.1) is 0 Å². The summed E-state index contributed by atoms with van der Waals surface area (Å²) < 4.78 is 82.6. The van der Waals surface area contributed by atoms with Gasteiger partial charge in [0.25, 0.3) is 11.8 Å². The molecular weight excluding hydrogens is 1150 g/mol. The van der Waals surface area contributed by atoms with Gasteiger partial charge in [-0.25, -0.2) is 4.79 Å². The number of aliphatic hydroxyl groups excluding tert-OH is 6. The second kappa shape index (κ2) is 26.2. The Labute approximate surface area is 483 Å². The van der Waals surface area contributed by atoms with E-state index in [-0.39, 0.29) is 42.8 Å². The number of carbonyl (C=O) groups is 4. The van der Waals surface area contributed by atoms with E-state index in [9.17, 15) is 50.6 Å². The first-order chi connectivity index (χ1) is 39.7. The second-order valence-electron chi connectivity index (χ2n) is 20.6. The minimum absolute atomic E-state index is 0.0755. The fourth-order valence-corrected chi connectivity index (χ4v) is 10.4. The Morgan fingerprint density at radius 3 is 1.15 bits per heavy atom. The van der Waals surface area contributed by atoms with Crippen LogP contribution in [0.2, 0.25) is 0 Å². The molecule has 0 atom stereocenters. The maximum atomic E-state index is 13.2. The number of hydrogen-bond acceptors (Lipinski definition) is 14. The van der Waals surface area contributed by atoms with Crippen LogP contribution in [-0.4, -0.2) is 119 Å². The summed E-state index contributed by atoms with van der Waals surface area (Å²) in [6.07, 6.45) is -2.14. The van der Waals surface area contributed by atoms with Crippen molar-refractivity contribution in [3.8, 4) is 0 Å². The van der Waals surface area contributed by atoms with Crippen LogP contribution in [0.3, 0.4) is 0 Å². The van der Waals surface area contributed by atoms with Crippen molar-refractivity contribution >= 4 is 66.9 Å². The lowest BCUT2D eigenvalue weighted by molar-refractivity contribution is -0.494. The highest BCUT2D eigenvalue weighted by Crippen LogP contribution is 2.47. The van der Waals surface area contributed by atoms with Crippen LogP contribution in [0.5, 0.6) is 0 Å². The van der Waals surface area contributed by atoms with E-state index in [4.69, 9.17) is 41.5 Å². The highest BCUT2D eigenvalue weighted by Gasteiger charge is 2.47. The number of aromatic carboxylic acids is 2. The van der Waals surface area contributed by atoms with Crippen LogP contribution in [0.1, 0.15) is 100 Å². The SMILES string of the molecule is NC(CO)(CO)CO.O=C(O)c1ccc(C2(NC(=O)c3csc4ccn(Cc5ccc(C(F)(F)F)cc5)c34)CC2)cc1.O=C([O-])c1ccc(C2(NC(=O)c3csc4ccn(Cc5ccc(C(F)(F)F)cc5)c34)CC2)cc1.[NH3+]C(CO)(CO)CO. The van der Waals surface area contributed by atoms with Gasteiger partial charge < -0.3 is 76.9 Å². The van der Waals surface area contributed by atoms with Crippen LogP contribution in [0.15, 0.2) is 132 Å². The summed E-state index contributed by atoms with van der Waals surface area (Å²) in [5.41, 5.74) is 9.69. The van der Waals surface area contributed by atoms with E-state index < -0.39 is 77.4 Å². The van der Waals surface area contributed by atoms with Crippen molar-refractivity contribution in [1.29, 1.82) is 0 Å². The number of carbonyl (C=O) groups excluding carboxylic acids is 3. The van der Waals surface area contributed by atoms with Crippen LogP contribution in [0.25, 0.3) is 20.4 Å². The fourth-order valence-electron chi connectivity index (χ4n) is 8.55. The largest absolute Gasteiger partial charge is 0.545 e. The molecule has 0 saturated heterocycles. The molecule has 0 bridgehead atoms. The van der Waals surface area contributed by atoms with Crippen molar-refractivity contribution < 1.29 is 92.1 Å². The van der Waals surface area contributed by atoms with Crippen molar-refractivity contribution in [3.63, 3.8) is 0 Å². The Bertz CT molecular complexity index is 3300. The minimum atomic E-state index is -4.39. The third kappa shape index (κ3) is 15.2. The maximum absolute atomic E-state index is 13.2. The van der Waals surface area contributed by atoms with Gasteiger partial charge in [0.2, 0.25) is 0 Å². The van der Waals surface area contributed by atoms with Gasteiger partial charge >= 0.3 is 18.3 Å². The molecule has 18 nitrogen and oxygen atoms in total. The van der Waals surface area contributed by atoms with Crippen molar-refractivity contribution in [2.24, 2.45) is 5.73 Å². The number of nitrogens with two attached hydrogens (primary N) is 1. The van der Waals surface area contributed by atoms with Gasteiger partial charge in [0.05, 0.1) is 90.7 Å². The molecule has 26 heteroatoms. The van der Waals surface area contributed by atoms with Crippen molar-refractivity contribution in [3.05, 3.63) is 188 Å². The van der Waals surface area contributed by atoms with Crippen molar-refractivity contribution in [2.45, 2.75) is 73.3 Å². The van der Waals surface area contributed by atoms with Gasteiger partial charge in [-0.2, -0.15) is 26.3 Å². The number of quaternary nitrogens is 1. The summed E-state index contributed by atoms with van der Waals surface area (Å²) >= 11 is 2.86. The number of rotatable bonds is 18. The fraction of sp³-hybridized carbons (Fsp3) is 0.310. The zero-order valence-corrected chi connectivity index (χ0v) is 46.3. The number of carboxylic acids is 2. The molecule has 0 radical (unpaired) electrons. The number of carboxylic acid groups (broad SMARTS) is 2. The predicted octanol–water partition coefficient (Wildman–Crippen LogP) is 5.04. The molecule has 10 rings (SSSR count). The van der Waals surface area contributed by atoms with Crippen LogP contribution >= 0.6 is 22.7 Å². The first-order valence-electron chi connectivity index (χ1n) is 25.7. The Hall–Kier alpha value is -7.50. The van der Waals surface area contributed by atoms with E-state index >= 15 is 0 Å². The monoisotopic (exact) mass is 1210 g/mol. The highest BCUT2D eigenvalue weighted by molar-refractivity contribution is 7.17. The summed E-state index contributed by atoms with van der Waals surface area (Å²) in [6.45, 7) is -1.42. The zero-order chi connectivity index (χ0) is 61.4. The second-order valence-corrected chi connectivity index (χ2v) is 22.5. The average Bonchev–Trinajstić information content (AvgIpc) is 3.45. The molecule has 0 spiro atoms. The minimum Gasteiger partial charge on any atom is -0.545 e. The molecule has 2 aliphatic carbocycles. The van der Waals surface area contributed by atoms with E-state index in [1.165, 1.54) is 71.2 Å². The van der Waals surface area contributed by atoms with Crippen LogP contribution in [0.4, 0.5) is 26.3 Å². The normalized spacial score (nSPS) is 14.3. The van der Waals surface area contributed by atoms with Gasteiger partial charge in [-0.15, -0.1) is 22.7 Å². The Morgan fingerprint density at radius 2 is 0.893 bits per heavy atom. The number of halogens is 6. The summed E-state index contributed by atoms with van der Waals surface area (Å²) in [6, 6.07) is 26.6. The molecule has 448 valence electrons. The molecule has 2 amide bonds. The quantitative estimate of drug-likeness (QED) is 0.0502. The van der Waals surface area contributed by atoms with Gasteiger partial charge in [0, 0.05) is 36.2 Å². The summed E-state index contributed by atoms with van der Waals surface area (Å²) in [4.78, 5) is 48.6. The Balaban J connectivity index is 0.000000192. The van der Waals surface area contributed by atoms with Crippen molar-refractivity contribution in [1.82, 2.24) is 19.8 Å². The van der Waals surface area contributed by atoms with Gasteiger partial charge in [0.1, 0.15) is 19.8 Å². The maximum Gasteiger partial charge on any atom is 0.416 e. The number of fused-ring (bicyclic) bond motifs is 2. The summed E-state index contributed by atoms with van der Waals surface area (Å²) in [5, 5.41) is 80.1. The molecule has 0 aliphatic heterocycles. The molecule has 4 aromatic carbocycles. The summed E-state index contributed by atoms with van der Waals surface area (Å²) in [5.74, 6) is -2.75. The number of amides is 2. The molecule has 2 aliphatic rings. The molecule has 2 fully saturated rings. The first kappa shape index (κ1) is 64.1. The number of thiophene rings is 2. The van der Waals surface area contributed by atoms with E-state index in [1.54, 1.807) is 35.0 Å². The number of hydrogen-bond donors (Lipinski definition) is 11. The van der Waals surface area contributed by atoms with Crippen LogP contribution in [-0.2, 0) is 36.5 Å². The topological polar surface area (TPSA) is 321 Å². The lowest BCUT2D eigenvalue weighted by atomic mass is 10.0. The number of benzene rings is 4. The number of aliphatic hydroxyl groups is 6. The molecule has 4 heterocycles. The standard InChI is InChI=1S/2C25H19F3N2O3S.2C4H11NO3/c2*26-25(27,28)18-5-1-15(2-6-18)13-30-12-9-20-21(30)19(14-34-20)22(31)29-24(10-11-24)17-7-3-16(4-8-17)23(32)33;2*5-4(1-6,2-7)3-8/h2*1-9,12,14H,10-11,13H2,(H,29,31)(H,32,33);2*6-8H,1-3,5H2. The lowest BCUT2D eigenvalue weighted by Gasteiger charge is -2.20. The molecule has 84 heavy (non-hydrogen) atoms. The third-order valence-corrected chi connectivity index (χ3v) is 16.1. The van der Waals surface area contributed by atoms with Crippen LogP contribution < -0.4 is 27.2 Å². The molecule has 14 N–H and O–H groups in total. The highest BCUT2D eigenvalue weighted by atomic mass is 32.1. The number of nitrogens with zero attached hydrogens (tertiary/aromatic N) is 2. The molecule has 8 aromatic rings. The van der Waals surface area contributed by atoms with E-state index in [2.05, 4.69) is 16.4 Å². The number of aromatic nitrogens is 2. The smallest absolute Gasteiger partial charge is 0.416 e. The van der Waals surface area contributed by atoms with E-state index in [0.29, 0.717) is 35.3 Å². The predicted molar refractivity (Wildman–Crippen MR) is 297 cm³/mol. The van der Waals surface area contributed by atoms with Gasteiger partial charge in [-0.05, 0) is 102 Å². The number of nitrogens with one attached hydrogen (secondary N) is 2. The van der Waals surface area contributed by atoms with Gasteiger partial charge in [0.15, 0.2) is 5.54 Å². The van der Waals surface area contributed by atoms with Crippen molar-refractivity contribution in [2.75, 3.05) is 39.6 Å². The molecule has 0 unspecified atom stereocenters. The summed E-state index contributed by atoms with van der Waals surface area (Å²) in [7, 11) is 0. The number of alkyl halides is 6. The molecule has 4 aromatic heterocycles. The third-order valence-electron chi connectivity index (χ3n) is 14.2. The Morgan fingerprint density at radius 1 is 0.548 bits per heavy atom. The zero-order valence-electron chi connectivity index (χ0n) is 44.6. The molecule has 2 saturated carbocycles. The van der Waals surface area contributed by atoms with Gasteiger partial charge in [-0.1, -0.05) is 60.7 Å². The van der Waals surface area contributed by atoms with E-state index in [0.717, 1.165) is 81.5 Å².